The highest BCUT2D eigenvalue weighted by Crippen LogP contribution is 2.22. The quantitative estimate of drug-likeness (QED) is 0.688. The molecule has 0 aromatic heterocycles. The van der Waals surface area contributed by atoms with E-state index in [1.54, 1.807) is 25.3 Å². The second-order valence-electron chi connectivity index (χ2n) is 5.00. The van der Waals surface area contributed by atoms with Crippen LogP contribution in [0.15, 0.2) is 36.9 Å². The van der Waals surface area contributed by atoms with Crippen LogP contribution < -0.4 is 10.1 Å². The number of amides is 1. The largest absolute Gasteiger partial charge is 0.497 e. The van der Waals surface area contributed by atoms with Crippen molar-refractivity contribution in [3.05, 3.63) is 42.5 Å². The third-order valence-electron chi connectivity index (χ3n) is 3.52. The topological polar surface area (TPSA) is 75.6 Å². The molecule has 1 aromatic rings. The Kier molecular flexibility index (Phi) is 7.16. The first-order chi connectivity index (χ1) is 10.5. The summed E-state index contributed by atoms with van der Waals surface area (Å²) in [6.45, 7) is 5.47. The molecule has 0 aliphatic heterocycles. The Bertz CT molecular complexity index is 510. The van der Waals surface area contributed by atoms with E-state index in [-0.39, 0.29) is 11.8 Å². The van der Waals surface area contributed by atoms with Crippen LogP contribution in [0.4, 0.5) is 0 Å². The number of carbonyl (C=O) groups is 2. The molecular weight excluding hydrogens is 282 g/mol. The van der Waals surface area contributed by atoms with E-state index in [1.165, 1.54) is 0 Å². The molecule has 2 unspecified atom stereocenters. The highest BCUT2D eigenvalue weighted by Gasteiger charge is 2.24. The molecule has 1 rings (SSSR count). The number of benzene rings is 1. The molecule has 0 aliphatic carbocycles. The zero-order valence-electron chi connectivity index (χ0n) is 13.0. The van der Waals surface area contributed by atoms with Crippen molar-refractivity contribution >= 4 is 11.9 Å². The number of carbonyl (C=O) groups excluding carboxylic acids is 1. The summed E-state index contributed by atoms with van der Waals surface area (Å²) in [5.41, 5.74) is 0.841. The Morgan fingerprint density at radius 3 is 2.45 bits per heavy atom. The van der Waals surface area contributed by atoms with Crippen molar-refractivity contribution in [3.63, 3.8) is 0 Å². The van der Waals surface area contributed by atoms with Crippen LogP contribution in [0.5, 0.6) is 5.75 Å². The van der Waals surface area contributed by atoms with Gasteiger partial charge < -0.3 is 15.2 Å². The van der Waals surface area contributed by atoms with Gasteiger partial charge in [0.15, 0.2) is 0 Å². The lowest BCUT2D eigenvalue weighted by Gasteiger charge is -2.19. The molecule has 0 radical (unpaired) electrons. The van der Waals surface area contributed by atoms with Crippen LogP contribution in [-0.2, 0) is 9.59 Å². The van der Waals surface area contributed by atoms with Gasteiger partial charge in [0.05, 0.1) is 13.0 Å². The minimum Gasteiger partial charge on any atom is -0.497 e. The number of rotatable bonds is 9. The van der Waals surface area contributed by atoms with Crippen molar-refractivity contribution < 1.29 is 19.4 Å². The van der Waals surface area contributed by atoms with Gasteiger partial charge in [0.2, 0.25) is 5.91 Å². The first-order valence-electron chi connectivity index (χ1n) is 7.31. The van der Waals surface area contributed by atoms with E-state index in [4.69, 9.17) is 4.74 Å². The molecule has 2 N–H and O–H groups in total. The van der Waals surface area contributed by atoms with Gasteiger partial charge in [-0.2, -0.15) is 0 Å². The molecule has 2 atom stereocenters. The van der Waals surface area contributed by atoms with E-state index in [0.29, 0.717) is 25.0 Å². The molecule has 0 saturated heterocycles. The molecule has 5 nitrogen and oxygen atoms in total. The van der Waals surface area contributed by atoms with Gasteiger partial charge in [-0.05, 0) is 37.0 Å². The van der Waals surface area contributed by atoms with E-state index < -0.39 is 12.0 Å². The van der Waals surface area contributed by atoms with Crippen LogP contribution in [-0.4, -0.2) is 30.1 Å². The van der Waals surface area contributed by atoms with Crippen LogP contribution in [0, 0.1) is 0 Å². The minimum absolute atomic E-state index is 0.274. The number of allylic oxidation sites excluding steroid dienone is 1. The monoisotopic (exact) mass is 305 g/mol. The van der Waals surface area contributed by atoms with Gasteiger partial charge in [-0.25, -0.2) is 4.79 Å². The number of hydrogen-bond acceptors (Lipinski definition) is 3. The maximum Gasteiger partial charge on any atom is 0.326 e. The van der Waals surface area contributed by atoms with Crippen LogP contribution in [0.2, 0.25) is 0 Å². The predicted molar refractivity (Wildman–Crippen MR) is 85.0 cm³/mol. The average Bonchev–Trinajstić information content (AvgIpc) is 2.52. The van der Waals surface area contributed by atoms with Gasteiger partial charge in [-0.3, -0.25) is 4.79 Å². The molecule has 22 heavy (non-hydrogen) atoms. The number of hydrogen-bond donors (Lipinski definition) is 2. The molecule has 0 aliphatic rings. The summed E-state index contributed by atoms with van der Waals surface area (Å²) in [5.74, 6) is -0.964. The number of carboxylic acids is 1. The van der Waals surface area contributed by atoms with Gasteiger partial charge in [0.1, 0.15) is 11.8 Å². The molecule has 1 aromatic carbocycles. The van der Waals surface area contributed by atoms with E-state index in [2.05, 4.69) is 11.9 Å². The molecule has 120 valence electrons. The lowest BCUT2D eigenvalue weighted by atomic mass is 9.95. The Hall–Kier alpha value is -2.30. The normalized spacial score (nSPS) is 13.0. The number of ether oxygens (including phenoxy) is 1. The van der Waals surface area contributed by atoms with Crippen molar-refractivity contribution in [1.82, 2.24) is 5.32 Å². The second-order valence-corrected chi connectivity index (χ2v) is 5.00. The van der Waals surface area contributed by atoms with Gasteiger partial charge >= 0.3 is 5.97 Å². The Morgan fingerprint density at radius 2 is 2.00 bits per heavy atom. The fraction of sp³-hybridized carbons (Fsp3) is 0.412. The molecule has 0 heterocycles. The zero-order chi connectivity index (χ0) is 16.5. The average molecular weight is 305 g/mol. The number of nitrogens with one attached hydrogen (secondary N) is 1. The SMILES string of the molecule is C=CCCC(NC(=O)C(CC)c1ccc(OC)cc1)C(=O)O. The first kappa shape index (κ1) is 17.8. The van der Waals surface area contributed by atoms with E-state index in [0.717, 1.165) is 5.56 Å². The second kappa shape index (κ2) is 8.87. The highest BCUT2D eigenvalue weighted by atomic mass is 16.5. The molecule has 1 amide bonds. The molecular formula is C17H23NO4. The first-order valence-corrected chi connectivity index (χ1v) is 7.31. The summed E-state index contributed by atoms with van der Waals surface area (Å²) in [6, 6.07) is 6.34. The molecule has 0 spiro atoms. The van der Waals surface area contributed by atoms with Crippen LogP contribution in [0.25, 0.3) is 0 Å². The summed E-state index contributed by atoms with van der Waals surface area (Å²) in [5, 5.41) is 11.8. The number of methoxy groups -OCH3 is 1. The van der Waals surface area contributed by atoms with Crippen LogP contribution in [0.3, 0.4) is 0 Å². The smallest absolute Gasteiger partial charge is 0.326 e. The molecule has 0 saturated carbocycles. The van der Waals surface area contributed by atoms with Gasteiger partial charge in [0.25, 0.3) is 0 Å². The lowest BCUT2D eigenvalue weighted by Crippen LogP contribution is -2.42. The van der Waals surface area contributed by atoms with Crippen molar-refractivity contribution in [3.8, 4) is 5.75 Å². The maximum atomic E-state index is 12.4. The van der Waals surface area contributed by atoms with Crippen LogP contribution in [0.1, 0.15) is 37.7 Å². The third kappa shape index (κ3) is 4.91. The number of aliphatic carboxylic acids is 1. The van der Waals surface area contributed by atoms with E-state index in [1.807, 2.05) is 19.1 Å². The Balaban J connectivity index is 2.81. The van der Waals surface area contributed by atoms with Crippen LogP contribution >= 0.6 is 0 Å². The van der Waals surface area contributed by atoms with Gasteiger partial charge in [-0.15, -0.1) is 6.58 Å². The Morgan fingerprint density at radius 1 is 1.36 bits per heavy atom. The zero-order valence-corrected chi connectivity index (χ0v) is 13.0. The summed E-state index contributed by atoms with van der Waals surface area (Å²) in [4.78, 5) is 23.6. The molecule has 5 heteroatoms. The summed E-state index contributed by atoms with van der Waals surface area (Å²) in [7, 11) is 1.58. The minimum atomic E-state index is -1.03. The van der Waals surface area contributed by atoms with Crippen molar-refractivity contribution in [2.75, 3.05) is 7.11 Å². The van der Waals surface area contributed by atoms with Crippen molar-refractivity contribution in [2.45, 2.75) is 38.1 Å². The van der Waals surface area contributed by atoms with Gasteiger partial charge in [-0.1, -0.05) is 25.1 Å². The highest BCUT2D eigenvalue weighted by molar-refractivity contribution is 5.88. The number of carboxylic acid groups (broad SMARTS) is 1. The lowest BCUT2D eigenvalue weighted by molar-refractivity contribution is -0.142. The maximum absolute atomic E-state index is 12.4. The fourth-order valence-electron chi connectivity index (χ4n) is 2.22. The Labute approximate surface area is 131 Å². The standard InChI is InChI=1S/C17H23NO4/c1-4-6-7-15(17(20)21)18-16(19)14(5-2)12-8-10-13(22-3)11-9-12/h4,8-11,14-15H,1,5-7H2,2-3H3,(H,18,19)(H,20,21). The van der Waals surface area contributed by atoms with Gasteiger partial charge in [0, 0.05) is 0 Å². The summed E-state index contributed by atoms with van der Waals surface area (Å²) < 4.78 is 5.10. The third-order valence-corrected chi connectivity index (χ3v) is 3.52. The van der Waals surface area contributed by atoms with Crippen molar-refractivity contribution in [1.29, 1.82) is 0 Å². The predicted octanol–water partition coefficient (Wildman–Crippen LogP) is 2.72. The summed E-state index contributed by atoms with van der Waals surface area (Å²) in [6.07, 6.45) is 3.11. The van der Waals surface area contributed by atoms with E-state index >= 15 is 0 Å². The van der Waals surface area contributed by atoms with Crippen molar-refractivity contribution in [2.24, 2.45) is 0 Å². The molecule has 0 fully saturated rings. The molecule has 0 bridgehead atoms. The van der Waals surface area contributed by atoms with E-state index in [9.17, 15) is 14.7 Å². The summed E-state index contributed by atoms with van der Waals surface area (Å²) >= 11 is 0. The fourth-order valence-corrected chi connectivity index (χ4v) is 2.22.